The number of hydrogen-bond donors (Lipinski definition) is 0. The van der Waals surface area contributed by atoms with E-state index in [4.69, 9.17) is 9.47 Å². The Morgan fingerprint density at radius 2 is 1.60 bits per heavy atom. The topological polar surface area (TPSA) is 38.4 Å². The third kappa shape index (κ3) is 3.82. The van der Waals surface area contributed by atoms with E-state index in [1.54, 1.807) is 0 Å². The molecule has 0 aromatic carbocycles. The van der Waals surface area contributed by atoms with Crippen molar-refractivity contribution in [2.75, 3.05) is 13.2 Å². The van der Waals surface area contributed by atoms with Gasteiger partial charge in [0.25, 0.3) is 0 Å². The highest BCUT2D eigenvalue weighted by Gasteiger charge is 2.15. The van der Waals surface area contributed by atoms with E-state index in [9.17, 15) is 5.11 Å². The van der Waals surface area contributed by atoms with E-state index < -0.39 is 12.4 Å². The highest BCUT2D eigenvalue weighted by molar-refractivity contribution is 4.50. The van der Waals surface area contributed by atoms with Crippen LogP contribution in [0.15, 0.2) is 0 Å². The third-order valence-electron chi connectivity index (χ3n) is 1.05. The Bertz CT molecular complexity index is 67.3. The summed E-state index contributed by atoms with van der Waals surface area (Å²) in [5.74, 6) is 0. The predicted molar refractivity (Wildman–Crippen MR) is 37.2 cm³/mol. The molecule has 0 aliphatic carbocycles. The van der Waals surface area contributed by atoms with Crippen molar-refractivity contribution in [2.45, 2.75) is 33.2 Å². The van der Waals surface area contributed by atoms with Crippen LogP contribution < -0.4 is 0 Å². The summed E-state index contributed by atoms with van der Waals surface area (Å²) >= 11 is 0. The summed E-state index contributed by atoms with van der Waals surface area (Å²) in [4.78, 5) is 0. The van der Waals surface area contributed by atoms with Gasteiger partial charge in [-0.05, 0) is 20.8 Å². The molecule has 0 heterocycles. The predicted octanol–water partition coefficient (Wildman–Crippen LogP) is 1.20. The van der Waals surface area contributed by atoms with Gasteiger partial charge < -0.3 is 9.47 Å². The van der Waals surface area contributed by atoms with Crippen LogP contribution in [0.2, 0.25) is 0 Å². The first-order valence-electron chi connectivity index (χ1n) is 3.61. The molecular weight excluding hydrogens is 132 g/mol. The monoisotopic (exact) mass is 147 g/mol. The summed E-state index contributed by atoms with van der Waals surface area (Å²) < 4.78 is 10.0. The molecule has 0 N–H and O–H groups in total. The standard InChI is InChI=1S/C7H15O3/c1-4-9-7(6(3)8)10-5-2/h6-7H,4-5H2,1-3H3. The van der Waals surface area contributed by atoms with Gasteiger partial charge in [-0.3, -0.25) is 0 Å². The van der Waals surface area contributed by atoms with Gasteiger partial charge in [0.15, 0.2) is 6.29 Å². The second kappa shape index (κ2) is 5.65. The molecular formula is C7H15O3. The Kier molecular flexibility index (Phi) is 5.58. The highest BCUT2D eigenvalue weighted by Crippen LogP contribution is 2.00. The summed E-state index contributed by atoms with van der Waals surface area (Å²) in [5, 5.41) is 10.8. The maximum Gasteiger partial charge on any atom is 0.186 e. The van der Waals surface area contributed by atoms with Crippen molar-refractivity contribution in [3.05, 3.63) is 0 Å². The zero-order chi connectivity index (χ0) is 7.98. The molecule has 3 heteroatoms. The average molecular weight is 147 g/mol. The molecule has 0 fully saturated rings. The van der Waals surface area contributed by atoms with Gasteiger partial charge in [0.1, 0.15) is 6.10 Å². The van der Waals surface area contributed by atoms with E-state index >= 15 is 0 Å². The van der Waals surface area contributed by atoms with Crippen LogP contribution in [0.3, 0.4) is 0 Å². The molecule has 0 saturated carbocycles. The first kappa shape index (κ1) is 9.88. The molecule has 1 unspecified atom stereocenters. The van der Waals surface area contributed by atoms with Crippen molar-refractivity contribution in [1.29, 1.82) is 0 Å². The second-order valence-corrected chi connectivity index (χ2v) is 1.98. The average Bonchev–Trinajstić information content (AvgIpc) is 1.87. The molecule has 1 radical (unpaired) electrons. The van der Waals surface area contributed by atoms with Gasteiger partial charge in [0.2, 0.25) is 0 Å². The zero-order valence-corrected chi connectivity index (χ0v) is 6.79. The molecule has 0 rings (SSSR count). The minimum atomic E-state index is -0.806. The molecule has 3 nitrogen and oxygen atoms in total. The fourth-order valence-corrected chi connectivity index (χ4v) is 0.648. The van der Waals surface area contributed by atoms with Gasteiger partial charge in [-0.2, -0.15) is 0 Å². The zero-order valence-electron chi connectivity index (χ0n) is 6.79. The smallest absolute Gasteiger partial charge is 0.186 e. The fraction of sp³-hybridized carbons (Fsp3) is 1.00. The van der Waals surface area contributed by atoms with Gasteiger partial charge in [0, 0.05) is 13.2 Å². The molecule has 0 amide bonds. The molecule has 61 valence electrons. The van der Waals surface area contributed by atoms with E-state index in [1.807, 2.05) is 13.8 Å². The lowest BCUT2D eigenvalue weighted by Crippen LogP contribution is -2.28. The highest BCUT2D eigenvalue weighted by atomic mass is 16.7. The quantitative estimate of drug-likeness (QED) is 0.548. The first-order chi connectivity index (χ1) is 4.72. The van der Waals surface area contributed by atoms with Crippen LogP contribution in [0.4, 0.5) is 0 Å². The molecule has 0 saturated heterocycles. The van der Waals surface area contributed by atoms with Crippen molar-refractivity contribution in [2.24, 2.45) is 0 Å². The number of ether oxygens (including phenoxy) is 2. The number of hydrogen-bond acceptors (Lipinski definition) is 2. The van der Waals surface area contributed by atoms with E-state index in [0.717, 1.165) is 0 Å². The Balaban J connectivity index is 3.50. The molecule has 0 bridgehead atoms. The molecule has 0 aromatic rings. The Morgan fingerprint density at radius 1 is 1.20 bits per heavy atom. The molecule has 1 atom stereocenters. The Labute approximate surface area is 62.0 Å². The van der Waals surface area contributed by atoms with E-state index in [2.05, 4.69) is 0 Å². The minimum absolute atomic E-state index is 0.525. The lowest BCUT2D eigenvalue weighted by atomic mass is 10.4. The molecule has 0 spiro atoms. The van der Waals surface area contributed by atoms with Crippen LogP contribution in [-0.2, 0) is 14.6 Å². The van der Waals surface area contributed by atoms with Crippen LogP contribution >= 0.6 is 0 Å². The molecule has 0 aliphatic heterocycles. The minimum Gasteiger partial charge on any atom is -0.350 e. The summed E-state index contributed by atoms with van der Waals surface area (Å²) in [6.07, 6.45) is -1.38. The van der Waals surface area contributed by atoms with Crippen molar-refractivity contribution in [3.8, 4) is 0 Å². The van der Waals surface area contributed by atoms with Gasteiger partial charge >= 0.3 is 0 Å². The summed E-state index contributed by atoms with van der Waals surface area (Å²) in [5.41, 5.74) is 0. The summed E-state index contributed by atoms with van der Waals surface area (Å²) in [6.45, 7) is 6.27. The molecule has 0 aliphatic rings. The van der Waals surface area contributed by atoms with Crippen molar-refractivity contribution >= 4 is 0 Å². The van der Waals surface area contributed by atoms with Gasteiger partial charge in [-0.25, -0.2) is 5.11 Å². The lowest BCUT2D eigenvalue weighted by molar-refractivity contribution is -0.198. The van der Waals surface area contributed by atoms with Crippen molar-refractivity contribution in [1.82, 2.24) is 0 Å². The van der Waals surface area contributed by atoms with Crippen molar-refractivity contribution < 1.29 is 14.6 Å². The second-order valence-electron chi connectivity index (χ2n) is 1.98. The van der Waals surface area contributed by atoms with Crippen LogP contribution in [0, 0.1) is 0 Å². The summed E-state index contributed by atoms with van der Waals surface area (Å²) in [7, 11) is 0. The largest absolute Gasteiger partial charge is 0.350 e. The Hall–Kier alpha value is -0.120. The lowest BCUT2D eigenvalue weighted by Gasteiger charge is -2.17. The third-order valence-corrected chi connectivity index (χ3v) is 1.05. The van der Waals surface area contributed by atoms with Crippen molar-refractivity contribution in [3.63, 3.8) is 0 Å². The van der Waals surface area contributed by atoms with Gasteiger partial charge in [-0.15, -0.1) is 0 Å². The van der Waals surface area contributed by atoms with Crippen LogP contribution in [0.1, 0.15) is 20.8 Å². The van der Waals surface area contributed by atoms with Crippen LogP contribution in [0.5, 0.6) is 0 Å². The first-order valence-corrected chi connectivity index (χ1v) is 3.61. The molecule has 10 heavy (non-hydrogen) atoms. The van der Waals surface area contributed by atoms with Gasteiger partial charge in [-0.1, -0.05) is 0 Å². The van der Waals surface area contributed by atoms with E-state index in [0.29, 0.717) is 13.2 Å². The maximum atomic E-state index is 10.8. The fourth-order valence-electron chi connectivity index (χ4n) is 0.648. The normalized spacial score (nSPS) is 14.1. The number of rotatable bonds is 5. The Morgan fingerprint density at radius 3 is 1.80 bits per heavy atom. The maximum absolute atomic E-state index is 10.8. The van der Waals surface area contributed by atoms with E-state index in [-0.39, 0.29) is 0 Å². The van der Waals surface area contributed by atoms with E-state index in [1.165, 1.54) is 6.92 Å². The van der Waals surface area contributed by atoms with Crippen LogP contribution in [0.25, 0.3) is 0 Å². The van der Waals surface area contributed by atoms with Crippen LogP contribution in [-0.4, -0.2) is 25.6 Å². The summed E-state index contributed by atoms with van der Waals surface area (Å²) in [6, 6.07) is 0. The SMILES string of the molecule is CCOC(OCC)C(C)[O]. The molecule has 0 aromatic heterocycles. The van der Waals surface area contributed by atoms with Gasteiger partial charge in [0.05, 0.1) is 0 Å².